The molecule has 0 atom stereocenters. The molecule has 0 saturated heterocycles. The van der Waals surface area contributed by atoms with Gasteiger partial charge in [-0.1, -0.05) is 12.1 Å². The minimum absolute atomic E-state index is 0.606. The molecule has 0 amide bonds. The van der Waals surface area contributed by atoms with Crippen LogP contribution in [0.15, 0.2) is 23.6 Å². The topological polar surface area (TPSA) is 26.0 Å². The standard InChI is InChI=1S/C10H11NS2/c11-4-7-2-1-3-9-10(7)8(5-12)6-13-9/h1-3,6,12H,4-5,11H2. The van der Waals surface area contributed by atoms with Crippen molar-refractivity contribution in [3.05, 3.63) is 34.7 Å². The summed E-state index contributed by atoms with van der Waals surface area (Å²) in [6.45, 7) is 0.606. The van der Waals surface area contributed by atoms with Crippen LogP contribution in [0.5, 0.6) is 0 Å². The van der Waals surface area contributed by atoms with Crippen molar-refractivity contribution < 1.29 is 0 Å². The van der Waals surface area contributed by atoms with Crippen LogP contribution in [0.3, 0.4) is 0 Å². The second-order valence-electron chi connectivity index (χ2n) is 2.91. The summed E-state index contributed by atoms with van der Waals surface area (Å²) < 4.78 is 1.31. The number of thiol groups is 1. The van der Waals surface area contributed by atoms with Gasteiger partial charge < -0.3 is 5.73 Å². The van der Waals surface area contributed by atoms with Crippen LogP contribution in [-0.2, 0) is 12.3 Å². The van der Waals surface area contributed by atoms with Crippen LogP contribution in [0.1, 0.15) is 11.1 Å². The van der Waals surface area contributed by atoms with Gasteiger partial charge in [0.1, 0.15) is 0 Å². The van der Waals surface area contributed by atoms with Gasteiger partial charge in [0.15, 0.2) is 0 Å². The molecule has 0 aliphatic rings. The highest BCUT2D eigenvalue weighted by atomic mass is 32.1. The number of benzene rings is 1. The molecule has 3 heteroatoms. The monoisotopic (exact) mass is 209 g/mol. The SMILES string of the molecule is NCc1cccc2scc(CS)c12. The fourth-order valence-electron chi connectivity index (χ4n) is 1.52. The first-order chi connectivity index (χ1) is 6.36. The van der Waals surface area contributed by atoms with E-state index < -0.39 is 0 Å². The van der Waals surface area contributed by atoms with Crippen molar-refractivity contribution >= 4 is 34.1 Å². The summed E-state index contributed by atoms with van der Waals surface area (Å²) in [5.74, 6) is 0.789. The first-order valence-electron chi connectivity index (χ1n) is 4.15. The average molecular weight is 209 g/mol. The molecule has 13 heavy (non-hydrogen) atoms. The van der Waals surface area contributed by atoms with Crippen molar-refractivity contribution in [1.82, 2.24) is 0 Å². The summed E-state index contributed by atoms with van der Waals surface area (Å²) in [5, 5.41) is 3.47. The summed E-state index contributed by atoms with van der Waals surface area (Å²) in [6, 6.07) is 6.28. The van der Waals surface area contributed by atoms with Crippen molar-refractivity contribution in [2.75, 3.05) is 0 Å². The van der Waals surface area contributed by atoms with Crippen LogP contribution >= 0.6 is 24.0 Å². The Morgan fingerprint density at radius 2 is 2.15 bits per heavy atom. The van der Waals surface area contributed by atoms with E-state index in [1.165, 1.54) is 21.2 Å². The molecule has 2 rings (SSSR count). The maximum atomic E-state index is 5.68. The van der Waals surface area contributed by atoms with Crippen molar-refractivity contribution in [3.8, 4) is 0 Å². The smallest absolute Gasteiger partial charge is 0.0349 e. The van der Waals surface area contributed by atoms with E-state index in [9.17, 15) is 0 Å². The lowest BCUT2D eigenvalue weighted by molar-refractivity contribution is 1.09. The zero-order chi connectivity index (χ0) is 9.26. The maximum Gasteiger partial charge on any atom is 0.0349 e. The normalized spacial score (nSPS) is 10.9. The van der Waals surface area contributed by atoms with E-state index in [2.05, 4.69) is 36.2 Å². The Hall–Kier alpha value is -0.510. The second kappa shape index (κ2) is 3.70. The van der Waals surface area contributed by atoms with E-state index in [0.29, 0.717) is 6.54 Å². The first kappa shape index (κ1) is 9.06. The van der Waals surface area contributed by atoms with Gasteiger partial charge >= 0.3 is 0 Å². The molecule has 2 aromatic rings. The highest BCUT2D eigenvalue weighted by Gasteiger charge is 2.05. The fourth-order valence-corrected chi connectivity index (χ4v) is 2.90. The Morgan fingerprint density at radius 1 is 1.31 bits per heavy atom. The van der Waals surface area contributed by atoms with E-state index in [1.807, 2.05) is 0 Å². The van der Waals surface area contributed by atoms with Gasteiger partial charge in [0.25, 0.3) is 0 Å². The van der Waals surface area contributed by atoms with Crippen LogP contribution in [0.2, 0.25) is 0 Å². The summed E-state index contributed by atoms with van der Waals surface area (Å²) in [4.78, 5) is 0. The fraction of sp³-hybridized carbons (Fsp3) is 0.200. The molecule has 0 spiro atoms. The number of hydrogen-bond acceptors (Lipinski definition) is 3. The summed E-state index contributed by atoms with van der Waals surface area (Å²) in [5.41, 5.74) is 8.20. The zero-order valence-corrected chi connectivity index (χ0v) is 8.87. The van der Waals surface area contributed by atoms with E-state index in [4.69, 9.17) is 5.73 Å². The average Bonchev–Trinajstić information content (AvgIpc) is 2.60. The molecule has 0 aliphatic heterocycles. The van der Waals surface area contributed by atoms with Gasteiger partial charge in [-0.3, -0.25) is 0 Å². The molecule has 0 aliphatic carbocycles. The summed E-state index contributed by atoms with van der Waals surface area (Å²) in [7, 11) is 0. The molecule has 0 radical (unpaired) electrons. The molecule has 0 fully saturated rings. The number of hydrogen-bond donors (Lipinski definition) is 2. The number of nitrogens with two attached hydrogens (primary N) is 1. The number of fused-ring (bicyclic) bond motifs is 1. The Balaban J connectivity index is 2.76. The van der Waals surface area contributed by atoms with Crippen LogP contribution < -0.4 is 5.73 Å². The summed E-state index contributed by atoms with van der Waals surface area (Å²) >= 11 is 6.07. The molecule has 2 N–H and O–H groups in total. The van der Waals surface area contributed by atoms with Crippen molar-refractivity contribution in [2.45, 2.75) is 12.3 Å². The van der Waals surface area contributed by atoms with Crippen LogP contribution in [0, 0.1) is 0 Å². The minimum atomic E-state index is 0.606. The Bertz CT molecular complexity index is 420. The van der Waals surface area contributed by atoms with E-state index in [-0.39, 0.29) is 0 Å². The Morgan fingerprint density at radius 3 is 2.85 bits per heavy atom. The van der Waals surface area contributed by atoms with Gasteiger partial charge in [-0.25, -0.2) is 0 Å². The largest absolute Gasteiger partial charge is 0.326 e. The third kappa shape index (κ3) is 1.47. The van der Waals surface area contributed by atoms with Crippen molar-refractivity contribution in [2.24, 2.45) is 5.73 Å². The molecule has 1 aromatic heterocycles. The lowest BCUT2D eigenvalue weighted by Crippen LogP contribution is -1.96. The lowest BCUT2D eigenvalue weighted by Gasteiger charge is -2.01. The number of rotatable bonds is 2. The number of thiophene rings is 1. The van der Waals surface area contributed by atoms with Gasteiger partial charge in [-0.2, -0.15) is 12.6 Å². The predicted molar refractivity (Wildman–Crippen MR) is 62.4 cm³/mol. The minimum Gasteiger partial charge on any atom is -0.326 e. The third-order valence-corrected chi connectivity index (χ3v) is 3.49. The van der Waals surface area contributed by atoms with Gasteiger partial charge in [0.2, 0.25) is 0 Å². The highest BCUT2D eigenvalue weighted by molar-refractivity contribution is 7.79. The quantitative estimate of drug-likeness (QED) is 0.731. The molecular weight excluding hydrogens is 198 g/mol. The maximum absolute atomic E-state index is 5.68. The molecule has 0 unspecified atom stereocenters. The Labute approximate surface area is 87.0 Å². The zero-order valence-electron chi connectivity index (χ0n) is 7.16. The summed E-state index contributed by atoms with van der Waals surface area (Å²) in [6.07, 6.45) is 0. The lowest BCUT2D eigenvalue weighted by atomic mass is 10.1. The molecule has 0 saturated carbocycles. The van der Waals surface area contributed by atoms with Gasteiger partial charge in [0, 0.05) is 22.4 Å². The van der Waals surface area contributed by atoms with Crippen LogP contribution in [-0.4, -0.2) is 0 Å². The first-order valence-corrected chi connectivity index (χ1v) is 5.67. The van der Waals surface area contributed by atoms with Gasteiger partial charge in [-0.05, 0) is 22.6 Å². The van der Waals surface area contributed by atoms with Gasteiger partial charge in [-0.15, -0.1) is 11.3 Å². The third-order valence-electron chi connectivity index (χ3n) is 2.15. The molecular formula is C10H11NS2. The highest BCUT2D eigenvalue weighted by Crippen LogP contribution is 2.29. The molecule has 1 nitrogen and oxygen atoms in total. The van der Waals surface area contributed by atoms with Crippen LogP contribution in [0.4, 0.5) is 0 Å². The molecule has 1 heterocycles. The molecule has 1 aromatic carbocycles. The van der Waals surface area contributed by atoms with E-state index >= 15 is 0 Å². The van der Waals surface area contributed by atoms with Crippen LogP contribution in [0.25, 0.3) is 10.1 Å². The van der Waals surface area contributed by atoms with Crippen molar-refractivity contribution in [1.29, 1.82) is 0 Å². The van der Waals surface area contributed by atoms with Gasteiger partial charge in [0.05, 0.1) is 0 Å². The second-order valence-corrected chi connectivity index (χ2v) is 4.14. The predicted octanol–water partition coefficient (Wildman–Crippen LogP) is 2.79. The molecule has 68 valence electrons. The molecule has 0 bridgehead atoms. The van der Waals surface area contributed by atoms with E-state index in [0.717, 1.165) is 5.75 Å². The Kier molecular flexibility index (Phi) is 2.58. The van der Waals surface area contributed by atoms with E-state index in [1.54, 1.807) is 11.3 Å². The van der Waals surface area contributed by atoms with Crippen molar-refractivity contribution in [3.63, 3.8) is 0 Å².